The van der Waals surface area contributed by atoms with Crippen LogP contribution in [0.15, 0.2) is 24.3 Å². The molecular formula is C16H26N2O2S. The molecule has 0 heterocycles. The van der Waals surface area contributed by atoms with Crippen LogP contribution in [0, 0.1) is 5.92 Å². The highest BCUT2D eigenvalue weighted by atomic mass is 32.2. The Morgan fingerprint density at radius 3 is 2.38 bits per heavy atom. The molecule has 1 fully saturated rings. The van der Waals surface area contributed by atoms with Crippen LogP contribution in [0.1, 0.15) is 44.2 Å². The molecule has 1 saturated carbocycles. The summed E-state index contributed by atoms with van der Waals surface area (Å²) in [5.74, 6) is 0.426. The van der Waals surface area contributed by atoms with Crippen molar-refractivity contribution >= 4 is 10.0 Å². The van der Waals surface area contributed by atoms with Crippen molar-refractivity contribution in [1.29, 1.82) is 0 Å². The lowest BCUT2D eigenvalue weighted by atomic mass is 10.1. The van der Waals surface area contributed by atoms with Crippen molar-refractivity contribution in [3.8, 4) is 0 Å². The van der Waals surface area contributed by atoms with E-state index in [1.807, 2.05) is 31.2 Å². The molecule has 1 aliphatic carbocycles. The van der Waals surface area contributed by atoms with E-state index in [1.54, 1.807) is 0 Å². The van der Waals surface area contributed by atoms with Gasteiger partial charge in [0.25, 0.3) is 0 Å². The number of hydrogen-bond acceptors (Lipinski definition) is 3. The van der Waals surface area contributed by atoms with Gasteiger partial charge in [0, 0.05) is 19.1 Å². The molecule has 21 heavy (non-hydrogen) atoms. The van der Waals surface area contributed by atoms with Crippen molar-refractivity contribution in [2.45, 2.75) is 51.4 Å². The molecule has 1 aromatic rings. The fraction of sp³-hybridized carbons (Fsp3) is 0.625. The molecule has 1 unspecified atom stereocenters. The van der Waals surface area contributed by atoms with Gasteiger partial charge >= 0.3 is 0 Å². The van der Waals surface area contributed by atoms with Gasteiger partial charge in [-0.25, -0.2) is 13.1 Å². The summed E-state index contributed by atoms with van der Waals surface area (Å²) in [4.78, 5) is 0. The number of hydrogen-bond donors (Lipinski definition) is 2. The molecule has 5 heteroatoms. The summed E-state index contributed by atoms with van der Waals surface area (Å²) in [6.45, 7) is 5.49. The zero-order valence-corrected chi connectivity index (χ0v) is 13.7. The number of sulfonamides is 1. The maximum Gasteiger partial charge on any atom is 0.215 e. The van der Waals surface area contributed by atoms with Crippen LogP contribution in [0.5, 0.6) is 0 Å². The van der Waals surface area contributed by atoms with Crippen molar-refractivity contribution in [3.05, 3.63) is 35.4 Å². The molecule has 4 nitrogen and oxygen atoms in total. The van der Waals surface area contributed by atoms with Gasteiger partial charge in [-0.2, -0.15) is 0 Å². The Kier molecular flexibility index (Phi) is 5.79. The second kappa shape index (κ2) is 7.38. The van der Waals surface area contributed by atoms with E-state index in [-0.39, 0.29) is 5.75 Å². The van der Waals surface area contributed by atoms with Crippen LogP contribution in [0.4, 0.5) is 0 Å². The monoisotopic (exact) mass is 310 g/mol. The van der Waals surface area contributed by atoms with Crippen LogP contribution in [0.3, 0.4) is 0 Å². The minimum absolute atomic E-state index is 0.0553. The molecule has 0 aromatic heterocycles. The van der Waals surface area contributed by atoms with Crippen LogP contribution in [-0.2, 0) is 22.3 Å². The highest BCUT2D eigenvalue weighted by molar-refractivity contribution is 7.88. The van der Waals surface area contributed by atoms with E-state index in [2.05, 4.69) is 17.0 Å². The fourth-order valence-electron chi connectivity index (χ4n) is 1.99. The van der Waals surface area contributed by atoms with E-state index in [1.165, 1.54) is 18.4 Å². The number of benzene rings is 1. The van der Waals surface area contributed by atoms with Crippen molar-refractivity contribution in [1.82, 2.24) is 10.0 Å². The van der Waals surface area contributed by atoms with Crippen molar-refractivity contribution in [2.75, 3.05) is 6.54 Å². The maximum absolute atomic E-state index is 12.0. The lowest BCUT2D eigenvalue weighted by Crippen LogP contribution is -2.29. The van der Waals surface area contributed by atoms with E-state index in [0.717, 1.165) is 18.5 Å². The molecule has 1 atom stereocenters. The summed E-state index contributed by atoms with van der Waals surface area (Å²) >= 11 is 0. The summed E-state index contributed by atoms with van der Waals surface area (Å²) in [6, 6.07) is 8.53. The van der Waals surface area contributed by atoms with Crippen molar-refractivity contribution < 1.29 is 8.42 Å². The van der Waals surface area contributed by atoms with Gasteiger partial charge in [0.15, 0.2) is 0 Å². The summed E-state index contributed by atoms with van der Waals surface area (Å²) in [7, 11) is -3.23. The molecule has 2 rings (SSSR count). The van der Waals surface area contributed by atoms with E-state index in [0.29, 0.717) is 18.5 Å². The molecule has 0 radical (unpaired) electrons. The molecule has 1 aliphatic rings. The van der Waals surface area contributed by atoms with E-state index >= 15 is 0 Å². The smallest absolute Gasteiger partial charge is 0.215 e. The molecule has 0 spiro atoms. The van der Waals surface area contributed by atoms with Gasteiger partial charge in [-0.15, -0.1) is 0 Å². The first-order valence-electron chi connectivity index (χ1n) is 7.77. The van der Waals surface area contributed by atoms with Crippen LogP contribution in [-0.4, -0.2) is 21.0 Å². The van der Waals surface area contributed by atoms with Crippen molar-refractivity contribution in [2.24, 2.45) is 5.92 Å². The molecule has 0 bridgehead atoms. The third kappa shape index (κ3) is 6.16. The van der Waals surface area contributed by atoms with Gasteiger partial charge in [0.2, 0.25) is 10.0 Å². The van der Waals surface area contributed by atoms with E-state index in [9.17, 15) is 8.42 Å². The Hall–Kier alpha value is -0.910. The van der Waals surface area contributed by atoms with Crippen LogP contribution < -0.4 is 10.0 Å². The van der Waals surface area contributed by atoms with Gasteiger partial charge in [0.1, 0.15) is 0 Å². The average molecular weight is 310 g/mol. The van der Waals surface area contributed by atoms with Gasteiger partial charge in [-0.05, 0) is 29.9 Å². The maximum atomic E-state index is 12.0. The lowest BCUT2D eigenvalue weighted by Gasteiger charge is -2.11. The number of nitrogens with one attached hydrogen (secondary N) is 2. The predicted octanol–water partition coefficient (Wildman–Crippen LogP) is 2.40. The largest absolute Gasteiger partial charge is 0.310 e. The summed E-state index contributed by atoms with van der Waals surface area (Å²) < 4.78 is 26.7. The first kappa shape index (κ1) is 16.5. The Balaban J connectivity index is 1.83. The minimum atomic E-state index is -3.23. The molecule has 1 aromatic carbocycles. The van der Waals surface area contributed by atoms with Gasteiger partial charge in [-0.3, -0.25) is 0 Å². The Morgan fingerprint density at radius 1 is 1.19 bits per heavy atom. The normalized spacial score (nSPS) is 16.9. The zero-order chi connectivity index (χ0) is 15.3. The van der Waals surface area contributed by atoms with E-state index in [4.69, 9.17) is 0 Å². The third-order valence-corrected chi connectivity index (χ3v) is 5.22. The molecule has 0 aliphatic heterocycles. The van der Waals surface area contributed by atoms with Gasteiger partial charge in [0.05, 0.1) is 5.75 Å². The fourth-order valence-corrected chi connectivity index (χ4v) is 3.26. The summed E-state index contributed by atoms with van der Waals surface area (Å²) in [5, 5.41) is 3.45. The molecule has 2 N–H and O–H groups in total. The lowest BCUT2D eigenvalue weighted by molar-refractivity contribution is 0.528. The standard InChI is InChI=1S/C16H26N2O2S/c1-3-13(2)10-18-21(19,20)12-15-6-4-14(5-7-15)11-17-16-8-9-16/h4-7,13,16-18H,3,8-12H2,1-2H3. The second-order valence-corrected chi connectivity index (χ2v) is 7.90. The predicted molar refractivity (Wildman–Crippen MR) is 86.4 cm³/mol. The first-order chi connectivity index (χ1) is 9.98. The molecule has 0 amide bonds. The van der Waals surface area contributed by atoms with Gasteiger partial charge in [-0.1, -0.05) is 44.5 Å². The molecule has 0 saturated heterocycles. The SMILES string of the molecule is CCC(C)CNS(=O)(=O)Cc1ccc(CNC2CC2)cc1. The first-order valence-corrected chi connectivity index (χ1v) is 9.42. The summed E-state index contributed by atoms with van der Waals surface area (Å²) in [6.07, 6.45) is 3.53. The highest BCUT2D eigenvalue weighted by Gasteiger charge is 2.19. The van der Waals surface area contributed by atoms with Crippen LogP contribution >= 0.6 is 0 Å². The molecular weight excluding hydrogens is 284 g/mol. The third-order valence-electron chi connectivity index (χ3n) is 3.90. The van der Waals surface area contributed by atoms with E-state index < -0.39 is 10.0 Å². The van der Waals surface area contributed by atoms with Crippen LogP contribution in [0.25, 0.3) is 0 Å². The second-order valence-electron chi connectivity index (χ2n) is 6.09. The Morgan fingerprint density at radius 2 is 1.81 bits per heavy atom. The Labute approximate surface area is 128 Å². The van der Waals surface area contributed by atoms with Crippen LogP contribution in [0.2, 0.25) is 0 Å². The minimum Gasteiger partial charge on any atom is -0.310 e. The molecule has 118 valence electrons. The van der Waals surface area contributed by atoms with Crippen molar-refractivity contribution in [3.63, 3.8) is 0 Å². The highest BCUT2D eigenvalue weighted by Crippen LogP contribution is 2.19. The average Bonchev–Trinajstić information content (AvgIpc) is 3.28. The number of rotatable bonds is 9. The Bertz CT molecular complexity index is 536. The zero-order valence-electron chi connectivity index (χ0n) is 12.9. The summed E-state index contributed by atoms with van der Waals surface area (Å²) in [5.41, 5.74) is 2.04. The topological polar surface area (TPSA) is 58.2 Å². The van der Waals surface area contributed by atoms with Gasteiger partial charge < -0.3 is 5.32 Å². The quantitative estimate of drug-likeness (QED) is 0.736.